The molecule has 0 saturated heterocycles. The summed E-state index contributed by atoms with van der Waals surface area (Å²) >= 11 is 1.60. The van der Waals surface area contributed by atoms with E-state index in [0.29, 0.717) is 16.3 Å². The summed E-state index contributed by atoms with van der Waals surface area (Å²) < 4.78 is 26.5. The second-order valence-electron chi connectivity index (χ2n) is 4.76. The first-order chi connectivity index (χ1) is 8.54. The molecule has 0 radical (unpaired) electrons. The van der Waals surface area contributed by atoms with Gasteiger partial charge in [0.15, 0.2) is 5.17 Å². The fraction of sp³-hybridized carbons (Fsp3) is 0.462. The zero-order valence-electron chi connectivity index (χ0n) is 10.4. The number of nitrogens with zero attached hydrogens (tertiary/aromatic N) is 1. The van der Waals surface area contributed by atoms with Crippen LogP contribution in [0.5, 0.6) is 0 Å². The average Bonchev–Trinajstić information content (AvgIpc) is 2.70. The highest BCUT2D eigenvalue weighted by molar-refractivity contribution is 8.15. The van der Waals surface area contributed by atoms with Crippen molar-refractivity contribution in [3.8, 4) is 0 Å². The molecule has 5 heteroatoms. The number of benzene rings is 1. The van der Waals surface area contributed by atoms with Crippen molar-refractivity contribution in [1.82, 2.24) is 0 Å². The molecule has 0 aromatic heterocycles. The fourth-order valence-corrected chi connectivity index (χ4v) is 3.11. The van der Waals surface area contributed by atoms with Gasteiger partial charge in [-0.1, -0.05) is 25.6 Å². The quantitative estimate of drug-likeness (QED) is 0.901. The molecule has 1 aliphatic rings. The third-order valence-corrected chi connectivity index (χ3v) is 3.75. The maximum Gasteiger partial charge on any atom is 0.161 e. The molecule has 1 N–H and O–H groups in total. The second-order valence-corrected chi connectivity index (χ2v) is 6.05. The molecule has 1 aromatic carbocycles. The summed E-state index contributed by atoms with van der Waals surface area (Å²) in [6.45, 7) is 5.07. The Labute approximate surface area is 110 Å². The van der Waals surface area contributed by atoms with Crippen LogP contribution in [0.2, 0.25) is 0 Å². The van der Waals surface area contributed by atoms with E-state index < -0.39 is 11.6 Å². The minimum Gasteiger partial charge on any atom is -0.332 e. The van der Waals surface area contributed by atoms with Gasteiger partial charge in [0, 0.05) is 11.3 Å². The Hall–Kier alpha value is -1.10. The lowest BCUT2D eigenvalue weighted by Crippen LogP contribution is -2.10. The molecule has 0 spiro atoms. The monoisotopic (exact) mass is 270 g/mol. The van der Waals surface area contributed by atoms with Gasteiger partial charge in [0.2, 0.25) is 0 Å². The number of aliphatic imine (C=N–C) groups is 1. The molecule has 1 atom stereocenters. The molecule has 1 aliphatic heterocycles. The number of halogens is 2. The Bertz CT molecular complexity index is 460. The number of hydrogen-bond acceptors (Lipinski definition) is 3. The van der Waals surface area contributed by atoms with Gasteiger partial charge in [0.1, 0.15) is 11.6 Å². The topological polar surface area (TPSA) is 24.4 Å². The molecule has 1 heterocycles. The van der Waals surface area contributed by atoms with Crippen molar-refractivity contribution >= 4 is 22.6 Å². The Kier molecular flexibility index (Phi) is 4.22. The zero-order chi connectivity index (χ0) is 13.1. The Morgan fingerprint density at radius 2 is 2.22 bits per heavy atom. The molecule has 0 saturated carbocycles. The lowest BCUT2D eigenvalue weighted by Gasteiger charge is -2.11. The predicted molar refractivity (Wildman–Crippen MR) is 73.1 cm³/mol. The third kappa shape index (κ3) is 3.45. The number of anilines is 1. The van der Waals surface area contributed by atoms with Gasteiger partial charge in [-0.3, -0.25) is 4.99 Å². The third-order valence-electron chi connectivity index (χ3n) is 2.62. The number of rotatable bonds is 3. The second kappa shape index (κ2) is 5.69. The van der Waals surface area contributed by atoms with E-state index in [0.717, 1.165) is 31.2 Å². The summed E-state index contributed by atoms with van der Waals surface area (Å²) in [4.78, 5) is 4.32. The van der Waals surface area contributed by atoms with Gasteiger partial charge in [-0.2, -0.15) is 0 Å². The van der Waals surface area contributed by atoms with Crippen LogP contribution in [0.15, 0.2) is 23.2 Å². The van der Waals surface area contributed by atoms with Gasteiger partial charge in [-0.25, -0.2) is 8.78 Å². The van der Waals surface area contributed by atoms with Crippen molar-refractivity contribution in [2.24, 2.45) is 10.9 Å². The number of nitrogens with one attached hydrogen (secondary N) is 1. The van der Waals surface area contributed by atoms with Crippen LogP contribution < -0.4 is 5.32 Å². The molecule has 1 unspecified atom stereocenters. The van der Waals surface area contributed by atoms with E-state index in [-0.39, 0.29) is 5.69 Å². The molecule has 0 fully saturated rings. The van der Waals surface area contributed by atoms with Gasteiger partial charge in [0.25, 0.3) is 0 Å². The number of hydrogen-bond donors (Lipinski definition) is 1. The molecule has 0 aliphatic carbocycles. The number of amidine groups is 1. The van der Waals surface area contributed by atoms with Crippen LogP contribution in [0.1, 0.15) is 20.3 Å². The Morgan fingerprint density at radius 1 is 1.44 bits per heavy atom. The summed E-state index contributed by atoms with van der Waals surface area (Å²) in [6.07, 6.45) is 1.07. The van der Waals surface area contributed by atoms with E-state index in [1.807, 2.05) is 0 Å². The van der Waals surface area contributed by atoms with E-state index in [1.165, 1.54) is 0 Å². The van der Waals surface area contributed by atoms with Crippen LogP contribution in [0.25, 0.3) is 0 Å². The smallest absolute Gasteiger partial charge is 0.161 e. The Balaban J connectivity index is 1.97. The van der Waals surface area contributed by atoms with E-state index in [2.05, 4.69) is 24.2 Å². The van der Waals surface area contributed by atoms with Crippen LogP contribution >= 0.6 is 11.8 Å². The largest absolute Gasteiger partial charge is 0.332 e. The highest BCUT2D eigenvalue weighted by Gasteiger charge is 2.21. The van der Waals surface area contributed by atoms with E-state index >= 15 is 0 Å². The van der Waals surface area contributed by atoms with Crippen LogP contribution in [0.4, 0.5) is 14.5 Å². The minimum atomic E-state index is -0.466. The first kappa shape index (κ1) is 13.3. The molecule has 18 heavy (non-hydrogen) atoms. The van der Waals surface area contributed by atoms with Crippen LogP contribution in [0.3, 0.4) is 0 Å². The SMILES string of the molecule is CC(C)CC1CN=C(Nc2cc(F)ccc2F)S1. The summed E-state index contributed by atoms with van der Waals surface area (Å²) in [5.74, 6) is -0.309. The predicted octanol–water partition coefficient (Wildman–Crippen LogP) is 3.89. The van der Waals surface area contributed by atoms with Gasteiger partial charge in [-0.15, -0.1) is 0 Å². The first-order valence-corrected chi connectivity index (χ1v) is 6.85. The maximum absolute atomic E-state index is 13.4. The molecule has 98 valence electrons. The summed E-state index contributed by atoms with van der Waals surface area (Å²) in [6, 6.07) is 3.36. The maximum atomic E-state index is 13.4. The molecule has 1 aromatic rings. The van der Waals surface area contributed by atoms with Gasteiger partial charge in [-0.05, 0) is 24.5 Å². The van der Waals surface area contributed by atoms with Crippen molar-refractivity contribution in [3.63, 3.8) is 0 Å². The highest BCUT2D eigenvalue weighted by Crippen LogP contribution is 2.28. The van der Waals surface area contributed by atoms with Gasteiger partial charge in [0.05, 0.1) is 12.2 Å². The molecule has 2 rings (SSSR count). The normalized spacial score (nSPS) is 19.2. The van der Waals surface area contributed by atoms with Crippen molar-refractivity contribution in [2.75, 3.05) is 11.9 Å². The Morgan fingerprint density at radius 3 is 2.94 bits per heavy atom. The van der Waals surface area contributed by atoms with Gasteiger partial charge < -0.3 is 5.32 Å². The van der Waals surface area contributed by atoms with Crippen LogP contribution in [-0.4, -0.2) is 17.0 Å². The van der Waals surface area contributed by atoms with Crippen LogP contribution in [0, 0.1) is 17.6 Å². The molecular formula is C13H16F2N2S. The lowest BCUT2D eigenvalue weighted by molar-refractivity contribution is 0.575. The fourth-order valence-electron chi connectivity index (χ4n) is 1.84. The zero-order valence-corrected chi connectivity index (χ0v) is 11.2. The summed E-state index contributed by atoms with van der Waals surface area (Å²) in [5, 5.41) is 3.96. The standard InChI is InChI=1S/C13H16F2N2S/c1-8(2)5-10-7-16-13(18-10)17-12-6-9(14)3-4-11(12)15/h3-4,6,8,10H,5,7H2,1-2H3,(H,16,17). The molecule has 0 amide bonds. The van der Waals surface area contributed by atoms with Gasteiger partial charge >= 0.3 is 0 Å². The van der Waals surface area contributed by atoms with Crippen molar-refractivity contribution < 1.29 is 8.78 Å². The van der Waals surface area contributed by atoms with E-state index in [9.17, 15) is 8.78 Å². The van der Waals surface area contributed by atoms with E-state index in [1.54, 1.807) is 11.8 Å². The summed E-state index contributed by atoms with van der Waals surface area (Å²) in [5.41, 5.74) is 0.145. The minimum absolute atomic E-state index is 0.145. The van der Waals surface area contributed by atoms with Crippen molar-refractivity contribution in [2.45, 2.75) is 25.5 Å². The van der Waals surface area contributed by atoms with Crippen LogP contribution in [-0.2, 0) is 0 Å². The average molecular weight is 270 g/mol. The molecular weight excluding hydrogens is 254 g/mol. The molecule has 2 nitrogen and oxygen atoms in total. The van der Waals surface area contributed by atoms with Crippen molar-refractivity contribution in [3.05, 3.63) is 29.8 Å². The lowest BCUT2D eigenvalue weighted by atomic mass is 10.1. The first-order valence-electron chi connectivity index (χ1n) is 5.98. The summed E-state index contributed by atoms with van der Waals surface area (Å²) in [7, 11) is 0. The van der Waals surface area contributed by atoms with Crippen molar-refractivity contribution in [1.29, 1.82) is 0 Å². The van der Waals surface area contributed by atoms with E-state index in [4.69, 9.17) is 0 Å². The molecule has 0 bridgehead atoms. The highest BCUT2D eigenvalue weighted by atomic mass is 32.2. The number of thioether (sulfide) groups is 1.